The number of halogens is 1. The lowest BCUT2D eigenvalue weighted by Gasteiger charge is -2.11. The predicted molar refractivity (Wildman–Crippen MR) is 86.1 cm³/mol. The summed E-state index contributed by atoms with van der Waals surface area (Å²) in [7, 11) is 0. The summed E-state index contributed by atoms with van der Waals surface area (Å²) in [5.41, 5.74) is 5.34. The maximum Gasteiger partial charge on any atom is 0.231 e. The molecule has 2 aromatic carbocycles. The minimum Gasteiger partial charge on any atom is -0.454 e. The Morgan fingerprint density at radius 1 is 1.00 bits per heavy atom. The maximum absolute atomic E-state index is 5.44. The van der Waals surface area contributed by atoms with Gasteiger partial charge in [0, 0.05) is 16.7 Å². The molecule has 0 saturated heterocycles. The van der Waals surface area contributed by atoms with E-state index in [1.54, 1.807) is 0 Å². The van der Waals surface area contributed by atoms with Crippen LogP contribution in [0.15, 0.2) is 34.8 Å². The molecule has 3 nitrogen and oxygen atoms in total. The molecule has 0 spiro atoms. The molecule has 0 saturated carbocycles. The van der Waals surface area contributed by atoms with E-state index in [-0.39, 0.29) is 0 Å². The van der Waals surface area contributed by atoms with Gasteiger partial charge in [0.15, 0.2) is 11.5 Å². The van der Waals surface area contributed by atoms with E-state index in [4.69, 9.17) is 9.47 Å². The molecule has 0 unspecified atom stereocenters. The van der Waals surface area contributed by atoms with Crippen LogP contribution in [0.3, 0.4) is 0 Å². The maximum atomic E-state index is 5.44. The Hall–Kier alpha value is -1.68. The summed E-state index contributed by atoms with van der Waals surface area (Å²) in [4.78, 5) is 0. The van der Waals surface area contributed by atoms with Gasteiger partial charge in [-0.1, -0.05) is 22.0 Å². The van der Waals surface area contributed by atoms with Gasteiger partial charge in [0.25, 0.3) is 0 Å². The van der Waals surface area contributed by atoms with Gasteiger partial charge in [-0.25, -0.2) is 0 Å². The summed E-state index contributed by atoms with van der Waals surface area (Å²) in [6.07, 6.45) is 3.72. The Labute approximate surface area is 132 Å². The highest BCUT2D eigenvalue weighted by Gasteiger charge is 2.16. The Morgan fingerprint density at radius 3 is 2.71 bits per heavy atom. The number of aryl methyl sites for hydroxylation is 2. The van der Waals surface area contributed by atoms with Crippen LogP contribution in [-0.2, 0) is 19.4 Å². The summed E-state index contributed by atoms with van der Waals surface area (Å²) in [5, 5.41) is 3.50. The van der Waals surface area contributed by atoms with Gasteiger partial charge in [0.2, 0.25) is 6.79 Å². The van der Waals surface area contributed by atoms with Gasteiger partial charge in [0.05, 0.1) is 0 Å². The number of hydrogen-bond donors (Lipinski definition) is 1. The number of ether oxygens (including phenoxy) is 2. The summed E-state index contributed by atoms with van der Waals surface area (Å²) < 4.78 is 11.9. The molecule has 0 amide bonds. The van der Waals surface area contributed by atoms with Crippen LogP contribution < -0.4 is 14.8 Å². The monoisotopic (exact) mass is 345 g/mol. The lowest BCUT2D eigenvalue weighted by Crippen LogP contribution is -2.01. The van der Waals surface area contributed by atoms with Gasteiger partial charge >= 0.3 is 0 Å². The zero-order valence-electron chi connectivity index (χ0n) is 11.6. The molecule has 1 aliphatic heterocycles. The topological polar surface area (TPSA) is 30.5 Å². The van der Waals surface area contributed by atoms with Crippen molar-refractivity contribution in [2.75, 3.05) is 12.1 Å². The second kappa shape index (κ2) is 5.26. The molecule has 0 aromatic heterocycles. The largest absolute Gasteiger partial charge is 0.454 e. The highest BCUT2D eigenvalue weighted by molar-refractivity contribution is 9.10. The average Bonchev–Trinajstić information content (AvgIpc) is 3.12. The van der Waals surface area contributed by atoms with Crippen molar-refractivity contribution in [2.45, 2.75) is 25.8 Å². The number of fused-ring (bicyclic) bond motifs is 2. The van der Waals surface area contributed by atoms with Crippen LogP contribution in [-0.4, -0.2) is 6.79 Å². The van der Waals surface area contributed by atoms with Gasteiger partial charge in [-0.3, -0.25) is 0 Å². The second-order valence-electron chi connectivity index (χ2n) is 5.49. The summed E-state index contributed by atoms with van der Waals surface area (Å²) >= 11 is 3.60. The second-order valence-corrected chi connectivity index (χ2v) is 6.34. The Kier molecular flexibility index (Phi) is 3.26. The van der Waals surface area contributed by atoms with Gasteiger partial charge in [-0.2, -0.15) is 0 Å². The quantitative estimate of drug-likeness (QED) is 0.900. The molecule has 1 aliphatic carbocycles. The van der Waals surface area contributed by atoms with Crippen molar-refractivity contribution < 1.29 is 9.47 Å². The number of rotatable bonds is 3. The third-order valence-corrected chi connectivity index (χ3v) is 4.86. The third kappa shape index (κ3) is 2.48. The molecule has 2 aliphatic rings. The molecule has 4 heteroatoms. The molecule has 1 heterocycles. The minimum absolute atomic E-state index is 0.309. The van der Waals surface area contributed by atoms with Crippen molar-refractivity contribution >= 4 is 21.6 Å². The van der Waals surface area contributed by atoms with Crippen molar-refractivity contribution in [2.24, 2.45) is 0 Å². The molecular weight excluding hydrogens is 330 g/mol. The van der Waals surface area contributed by atoms with Crippen LogP contribution in [0.4, 0.5) is 5.69 Å². The smallest absolute Gasteiger partial charge is 0.231 e. The molecule has 4 rings (SSSR count). The Morgan fingerprint density at radius 2 is 1.81 bits per heavy atom. The molecule has 1 N–H and O–H groups in total. The van der Waals surface area contributed by atoms with Crippen molar-refractivity contribution in [3.8, 4) is 11.5 Å². The Bertz CT molecular complexity index is 699. The molecule has 0 fully saturated rings. The fourth-order valence-corrected chi connectivity index (χ4v) is 3.44. The van der Waals surface area contributed by atoms with E-state index in [0.29, 0.717) is 6.79 Å². The normalized spacial score (nSPS) is 15.1. The van der Waals surface area contributed by atoms with Crippen LogP contribution in [0.2, 0.25) is 0 Å². The summed E-state index contributed by atoms with van der Waals surface area (Å²) in [6, 6.07) is 10.7. The zero-order chi connectivity index (χ0) is 14.2. The van der Waals surface area contributed by atoms with Gasteiger partial charge in [-0.05, 0) is 60.2 Å². The van der Waals surface area contributed by atoms with E-state index in [1.165, 1.54) is 41.6 Å². The molecule has 0 atom stereocenters. The number of benzene rings is 2. The van der Waals surface area contributed by atoms with Crippen LogP contribution in [0.25, 0.3) is 0 Å². The van der Waals surface area contributed by atoms with E-state index in [0.717, 1.165) is 22.5 Å². The van der Waals surface area contributed by atoms with E-state index in [9.17, 15) is 0 Å². The van der Waals surface area contributed by atoms with E-state index >= 15 is 0 Å². The van der Waals surface area contributed by atoms with Gasteiger partial charge in [0.1, 0.15) is 0 Å². The van der Waals surface area contributed by atoms with Crippen molar-refractivity contribution in [1.82, 2.24) is 0 Å². The minimum atomic E-state index is 0.309. The first kappa shape index (κ1) is 13.0. The Balaban J connectivity index is 1.52. The third-order valence-electron chi connectivity index (χ3n) is 4.12. The zero-order valence-corrected chi connectivity index (χ0v) is 13.2. The first-order valence-electron chi connectivity index (χ1n) is 7.23. The highest BCUT2D eigenvalue weighted by Crippen LogP contribution is 2.37. The fraction of sp³-hybridized carbons (Fsp3) is 0.294. The van der Waals surface area contributed by atoms with Gasteiger partial charge < -0.3 is 14.8 Å². The van der Waals surface area contributed by atoms with Crippen molar-refractivity contribution in [3.63, 3.8) is 0 Å². The molecule has 21 heavy (non-hydrogen) atoms. The van der Waals surface area contributed by atoms with Crippen LogP contribution in [0.1, 0.15) is 23.1 Å². The molecule has 0 radical (unpaired) electrons. The summed E-state index contributed by atoms with van der Waals surface area (Å²) in [5.74, 6) is 1.63. The standard InChI is InChI=1S/C17H16BrNO2/c18-15-8-17-16(20-10-21-17)7-13(15)9-19-14-5-4-11-2-1-3-12(11)6-14/h4-8,19H,1-3,9-10H2. The lowest BCUT2D eigenvalue weighted by atomic mass is 10.1. The number of anilines is 1. The van der Waals surface area contributed by atoms with Gasteiger partial charge in [-0.15, -0.1) is 0 Å². The number of nitrogens with one attached hydrogen (secondary N) is 1. The molecule has 0 bridgehead atoms. The SMILES string of the molecule is Brc1cc2c(cc1CNc1ccc3c(c1)CCC3)OCO2. The van der Waals surface area contributed by atoms with Crippen LogP contribution in [0.5, 0.6) is 11.5 Å². The molecule has 2 aromatic rings. The van der Waals surface area contributed by atoms with Crippen molar-refractivity contribution in [3.05, 3.63) is 51.5 Å². The van der Waals surface area contributed by atoms with E-state index in [2.05, 4.69) is 39.4 Å². The number of hydrogen-bond acceptors (Lipinski definition) is 3. The van der Waals surface area contributed by atoms with E-state index in [1.807, 2.05) is 12.1 Å². The van der Waals surface area contributed by atoms with Crippen LogP contribution >= 0.6 is 15.9 Å². The predicted octanol–water partition coefficient (Wildman–Crippen LogP) is 4.28. The summed E-state index contributed by atoms with van der Waals surface area (Å²) in [6.45, 7) is 1.07. The first-order chi connectivity index (χ1) is 10.3. The lowest BCUT2D eigenvalue weighted by molar-refractivity contribution is 0.174. The molecular formula is C17H16BrNO2. The van der Waals surface area contributed by atoms with E-state index < -0.39 is 0 Å². The van der Waals surface area contributed by atoms with Crippen LogP contribution in [0, 0.1) is 0 Å². The fourth-order valence-electron chi connectivity index (χ4n) is 2.97. The first-order valence-corrected chi connectivity index (χ1v) is 8.02. The van der Waals surface area contributed by atoms with Crippen molar-refractivity contribution in [1.29, 1.82) is 0 Å². The highest BCUT2D eigenvalue weighted by atomic mass is 79.9. The average molecular weight is 346 g/mol. The molecule has 108 valence electrons.